The van der Waals surface area contributed by atoms with Gasteiger partial charge in [0.1, 0.15) is 0 Å². The van der Waals surface area contributed by atoms with Crippen LogP contribution in [-0.4, -0.2) is 87.0 Å². The zero-order chi connectivity index (χ0) is 30.2. The molecule has 2 fully saturated rings. The second-order valence-electron chi connectivity index (χ2n) is 10.4. The first-order valence-corrected chi connectivity index (χ1v) is 13.5. The number of fused-ring (bicyclic) bond motifs is 2. The fourth-order valence-electron chi connectivity index (χ4n) is 5.66. The molecule has 2 bridgehead atoms. The molecular weight excluding hydrogens is 543 g/mol. The van der Waals surface area contributed by atoms with Gasteiger partial charge in [-0.3, -0.25) is 14.5 Å². The van der Waals surface area contributed by atoms with E-state index in [-0.39, 0.29) is 5.91 Å². The Hall–Kier alpha value is -3.48. The highest BCUT2D eigenvalue weighted by Crippen LogP contribution is 2.43. The van der Waals surface area contributed by atoms with Crippen LogP contribution >= 0.6 is 0 Å². The molecule has 0 saturated carbocycles. The molecule has 4 rings (SSSR count). The Labute approximate surface area is 236 Å². The van der Waals surface area contributed by atoms with E-state index >= 15 is 0 Å². The third-order valence-corrected chi connectivity index (χ3v) is 7.60. The Kier molecular flexibility index (Phi) is 11.3. The third kappa shape index (κ3) is 9.00. The summed E-state index contributed by atoms with van der Waals surface area (Å²) in [6, 6.07) is 18.5. The first-order valence-electron chi connectivity index (χ1n) is 13.5. The van der Waals surface area contributed by atoms with Crippen molar-refractivity contribution in [1.82, 2.24) is 9.80 Å². The van der Waals surface area contributed by atoms with Crippen LogP contribution in [0.3, 0.4) is 0 Å². The van der Waals surface area contributed by atoms with Crippen molar-refractivity contribution >= 4 is 17.8 Å². The number of piperidine rings is 1. The van der Waals surface area contributed by atoms with Gasteiger partial charge in [-0.15, -0.1) is 0 Å². The van der Waals surface area contributed by atoms with Gasteiger partial charge in [-0.05, 0) is 61.3 Å². The molecule has 2 aliphatic rings. The van der Waals surface area contributed by atoms with Crippen molar-refractivity contribution in [3.8, 4) is 0 Å². The maximum absolute atomic E-state index is 12.6. The van der Waals surface area contributed by atoms with Gasteiger partial charge in [-0.1, -0.05) is 42.5 Å². The van der Waals surface area contributed by atoms with Crippen molar-refractivity contribution in [3.05, 3.63) is 71.3 Å². The zero-order valence-corrected chi connectivity index (χ0v) is 22.5. The number of carbonyl (C=O) groups excluding carboxylic acids is 2. The molecule has 0 aromatic heterocycles. The summed E-state index contributed by atoms with van der Waals surface area (Å²) in [6.07, 6.45) is -1.18. The molecule has 2 saturated heterocycles. The number of hydrogen-bond acceptors (Lipinski definition) is 6. The maximum Gasteiger partial charge on any atom is 0.490 e. The highest BCUT2D eigenvalue weighted by molar-refractivity contribution is 5.92. The average Bonchev–Trinajstić information content (AvgIpc) is 3.17. The molecule has 9 nitrogen and oxygen atoms in total. The number of primary amides is 1. The van der Waals surface area contributed by atoms with Crippen LogP contribution in [0.1, 0.15) is 59.5 Å². The molecule has 5 N–H and O–H groups in total. The van der Waals surface area contributed by atoms with Gasteiger partial charge in [0.15, 0.2) is 6.10 Å². The van der Waals surface area contributed by atoms with Crippen molar-refractivity contribution < 1.29 is 42.9 Å². The minimum Gasteiger partial charge on any atom is -0.475 e. The minimum atomic E-state index is -5.08. The smallest absolute Gasteiger partial charge is 0.475 e. The Morgan fingerprint density at radius 3 is 2.17 bits per heavy atom. The molecule has 3 atom stereocenters. The summed E-state index contributed by atoms with van der Waals surface area (Å²) < 4.78 is 31.7. The second-order valence-corrected chi connectivity index (χ2v) is 10.4. The molecule has 2 unspecified atom stereocenters. The summed E-state index contributed by atoms with van der Waals surface area (Å²) in [4.78, 5) is 37.4. The van der Waals surface area contributed by atoms with E-state index in [9.17, 15) is 33.0 Å². The van der Waals surface area contributed by atoms with Gasteiger partial charge in [-0.25, -0.2) is 4.79 Å². The first-order chi connectivity index (χ1) is 19.4. The molecule has 2 aromatic carbocycles. The van der Waals surface area contributed by atoms with E-state index in [2.05, 4.69) is 11.0 Å². The number of rotatable bonds is 10. The fraction of sp³-hybridized carbons (Fsp3) is 0.483. The predicted molar refractivity (Wildman–Crippen MR) is 144 cm³/mol. The number of nitrogens with two attached hydrogens (primary N) is 1. The molecule has 0 radical (unpaired) electrons. The summed E-state index contributed by atoms with van der Waals surface area (Å²) in [5.41, 5.74) is 8.24. The van der Waals surface area contributed by atoms with Crippen LogP contribution in [0.4, 0.5) is 13.2 Å². The molecule has 2 aromatic rings. The van der Waals surface area contributed by atoms with E-state index < -0.39 is 30.8 Å². The average molecular weight is 580 g/mol. The number of benzene rings is 2. The van der Waals surface area contributed by atoms with Crippen molar-refractivity contribution in [1.29, 1.82) is 0 Å². The van der Waals surface area contributed by atoms with Crippen LogP contribution in [0.15, 0.2) is 54.6 Å². The highest BCUT2D eigenvalue weighted by Gasteiger charge is 2.41. The molecule has 2 aliphatic heterocycles. The van der Waals surface area contributed by atoms with Gasteiger partial charge in [0.05, 0.1) is 6.61 Å². The fourth-order valence-corrected chi connectivity index (χ4v) is 5.66. The summed E-state index contributed by atoms with van der Waals surface area (Å²) >= 11 is 0. The zero-order valence-electron chi connectivity index (χ0n) is 22.5. The van der Waals surface area contributed by atoms with E-state index in [0.717, 1.165) is 31.4 Å². The Balaban J connectivity index is 0.000000587. The van der Waals surface area contributed by atoms with Gasteiger partial charge in [0.2, 0.25) is 5.91 Å². The van der Waals surface area contributed by atoms with Crippen LogP contribution in [0.2, 0.25) is 0 Å². The summed E-state index contributed by atoms with van der Waals surface area (Å²) in [5.74, 6) is -3.14. The lowest BCUT2D eigenvalue weighted by atomic mass is 9.84. The molecule has 12 heteroatoms. The molecule has 0 aliphatic carbocycles. The van der Waals surface area contributed by atoms with Crippen LogP contribution in [0, 0.1) is 0 Å². The lowest BCUT2D eigenvalue weighted by molar-refractivity contribution is -0.192. The third-order valence-electron chi connectivity index (χ3n) is 7.60. The SMILES string of the molecule is NC(=O)c1cccc(C2CC3CCC(C2)N3CCCN(Cc2ccccc2)C(=O)[C@H](O)CO)c1.O=C(O)C(F)(F)F. The van der Waals surface area contributed by atoms with Gasteiger partial charge in [0, 0.05) is 37.3 Å². The van der Waals surface area contributed by atoms with Crippen LogP contribution in [-0.2, 0) is 16.1 Å². The molecule has 41 heavy (non-hydrogen) atoms. The molecule has 2 amide bonds. The minimum absolute atomic E-state index is 0.386. The Morgan fingerprint density at radius 2 is 1.63 bits per heavy atom. The van der Waals surface area contributed by atoms with E-state index in [1.54, 1.807) is 11.0 Å². The normalized spacial score (nSPS) is 21.0. The number of carboxylic acid groups (broad SMARTS) is 1. The topological polar surface area (TPSA) is 144 Å². The van der Waals surface area contributed by atoms with Gasteiger partial charge in [0.25, 0.3) is 5.91 Å². The number of amides is 2. The van der Waals surface area contributed by atoms with E-state index in [0.29, 0.717) is 36.7 Å². The van der Waals surface area contributed by atoms with Crippen molar-refractivity contribution in [2.24, 2.45) is 5.73 Å². The molecule has 0 spiro atoms. The van der Waals surface area contributed by atoms with E-state index in [1.807, 2.05) is 42.5 Å². The van der Waals surface area contributed by atoms with E-state index in [1.165, 1.54) is 18.4 Å². The predicted octanol–water partition coefficient (Wildman–Crippen LogP) is 2.90. The maximum atomic E-state index is 12.6. The Bertz CT molecular complexity index is 1170. The van der Waals surface area contributed by atoms with Crippen molar-refractivity contribution in [2.75, 3.05) is 19.7 Å². The number of aliphatic carboxylic acids is 1. The molecule has 224 valence electrons. The first kappa shape index (κ1) is 32.0. The van der Waals surface area contributed by atoms with Gasteiger partial charge < -0.3 is 26.0 Å². The number of carbonyl (C=O) groups is 3. The van der Waals surface area contributed by atoms with Gasteiger partial charge >= 0.3 is 12.1 Å². The lowest BCUT2D eigenvalue weighted by Crippen LogP contribution is -2.45. The number of aliphatic hydroxyl groups excluding tert-OH is 2. The van der Waals surface area contributed by atoms with Crippen molar-refractivity contribution in [3.63, 3.8) is 0 Å². The molecular formula is C29H36F3N3O6. The van der Waals surface area contributed by atoms with E-state index in [4.69, 9.17) is 15.6 Å². The quantitative estimate of drug-likeness (QED) is 0.339. The number of halogens is 3. The Morgan fingerprint density at radius 1 is 1.02 bits per heavy atom. The number of carboxylic acids is 1. The lowest BCUT2D eigenvalue weighted by Gasteiger charge is -2.39. The van der Waals surface area contributed by atoms with Crippen LogP contribution in [0.5, 0.6) is 0 Å². The number of hydrogen-bond donors (Lipinski definition) is 4. The largest absolute Gasteiger partial charge is 0.490 e. The molecule has 2 heterocycles. The summed E-state index contributed by atoms with van der Waals surface area (Å²) in [6.45, 7) is 1.28. The number of aliphatic hydroxyl groups is 2. The standard InChI is InChI=1S/C27H35N3O4.C2HF3O2/c28-26(33)21-9-4-8-20(14-21)22-15-23-10-11-24(16-22)30(23)13-5-12-29(27(34)25(32)18-31)17-19-6-2-1-3-7-19;3-2(4,5)1(6)7/h1-4,6-9,14,22-25,31-32H,5,10-13,15-18H2,(H2,28,33);(H,6,7)/t22?,23?,24?,25-;/m1./s1. The second kappa shape index (κ2) is 14.4. The number of nitrogens with zero attached hydrogens (tertiary/aromatic N) is 2. The highest BCUT2D eigenvalue weighted by atomic mass is 19.4. The number of alkyl halides is 3. The summed E-state index contributed by atoms with van der Waals surface area (Å²) in [7, 11) is 0. The van der Waals surface area contributed by atoms with Crippen LogP contribution in [0.25, 0.3) is 0 Å². The van der Waals surface area contributed by atoms with Crippen LogP contribution < -0.4 is 5.73 Å². The van der Waals surface area contributed by atoms with Crippen molar-refractivity contribution in [2.45, 2.75) is 68.9 Å². The van der Waals surface area contributed by atoms with Gasteiger partial charge in [-0.2, -0.15) is 13.2 Å². The monoisotopic (exact) mass is 579 g/mol. The summed E-state index contributed by atoms with van der Waals surface area (Å²) in [5, 5.41) is 26.3.